The van der Waals surface area contributed by atoms with E-state index in [9.17, 15) is 10.1 Å². The minimum Gasteiger partial charge on any atom is -0.309 e. The molecule has 0 aromatic carbocycles. The molecule has 1 fully saturated rings. The van der Waals surface area contributed by atoms with E-state index in [1.165, 1.54) is 0 Å². The smallest absolute Gasteiger partial charge is 0.246 e. The number of amides is 1. The van der Waals surface area contributed by atoms with Crippen LogP contribution in [0.3, 0.4) is 0 Å². The van der Waals surface area contributed by atoms with Crippen LogP contribution in [-0.2, 0) is 4.79 Å². The van der Waals surface area contributed by atoms with Crippen molar-refractivity contribution in [2.24, 2.45) is 5.41 Å². The summed E-state index contributed by atoms with van der Waals surface area (Å²) < 4.78 is 0. The highest BCUT2D eigenvalue weighted by Gasteiger charge is 2.41. The lowest BCUT2D eigenvalue weighted by Crippen LogP contribution is -2.32. The zero-order valence-corrected chi connectivity index (χ0v) is 9.86. The molecule has 0 aliphatic heterocycles. The van der Waals surface area contributed by atoms with E-state index in [0.717, 1.165) is 18.5 Å². The molecule has 1 aliphatic carbocycles. The summed E-state index contributed by atoms with van der Waals surface area (Å²) in [5.74, 6) is 0.312. The van der Waals surface area contributed by atoms with Gasteiger partial charge >= 0.3 is 0 Å². The molecular weight excluding hydrogens is 214 g/mol. The topological polar surface area (TPSA) is 65.8 Å². The SMILES string of the molecule is Cc1cccc(NC(=O)C2(C#N)CCCC2)n1. The van der Waals surface area contributed by atoms with E-state index in [1.54, 1.807) is 6.07 Å². The van der Waals surface area contributed by atoms with Crippen LogP contribution in [0.1, 0.15) is 31.4 Å². The Kier molecular flexibility index (Phi) is 3.10. The fraction of sp³-hybridized carbons (Fsp3) is 0.462. The zero-order chi connectivity index (χ0) is 12.3. The number of hydrogen-bond acceptors (Lipinski definition) is 3. The van der Waals surface area contributed by atoms with Gasteiger partial charge in [-0.2, -0.15) is 5.26 Å². The molecule has 0 saturated heterocycles. The standard InChI is InChI=1S/C13H15N3O/c1-10-5-4-6-11(15-10)16-12(17)13(9-14)7-2-3-8-13/h4-6H,2-3,7-8H2,1H3,(H,15,16,17). The summed E-state index contributed by atoms with van der Waals surface area (Å²) in [6.07, 6.45) is 3.20. The summed E-state index contributed by atoms with van der Waals surface area (Å²) >= 11 is 0. The number of carbonyl (C=O) groups excluding carboxylic acids is 1. The van der Waals surface area contributed by atoms with E-state index >= 15 is 0 Å². The summed E-state index contributed by atoms with van der Waals surface area (Å²) in [4.78, 5) is 16.3. The fourth-order valence-electron chi connectivity index (χ4n) is 2.22. The van der Waals surface area contributed by atoms with Crippen LogP contribution in [0.25, 0.3) is 0 Å². The van der Waals surface area contributed by atoms with Crippen molar-refractivity contribution in [2.75, 3.05) is 5.32 Å². The summed E-state index contributed by atoms with van der Waals surface area (Å²) in [6.45, 7) is 1.87. The third-order valence-corrected chi connectivity index (χ3v) is 3.24. The van der Waals surface area contributed by atoms with E-state index in [-0.39, 0.29) is 5.91 Å². The van der Waals surface area contributed by atoms with E-state index in [1.807, 2.05) is 19.1 Å². The van der Waals surface area contributed by atoms with Crippen LogP contribution in [0.15, 0.2) is 18.2 Å². The predicted octanol–water partition coefficient (Wildman–Crippen LogP) is 2.41. The summed E-state index contributed by atoms with van der Waals surface area (Å²) in [6, 6.07) is 7.62. The molecule has 0 radical (unpaired) electrons. The van der Waals surface area contributed by atoms with Crippen molar-refractivity contribution in [3.63, 3.8) is 0 Å². The van der Waals surface area contributed by atoms with Crippen molar-refractivity contribution in [2.45, 2.75) is 32.6 Å². The van der Waals surface area contributed by atoms with Gasteiger partial charge in [0.25, 0.3) is 0 Å². The van der Waals surface area contributed by atoms with Crippen LogP contribution >= 0.6 is 0 Å². The average molecular weight is 229 g/mol. The van der Waals surface area contributed by atoms with Gasteiger partial charge in [-0.3, -0.25) is 4.79 Å². The number of rotatable bonds is 2. The Morgan fingerprint density at radius 1 is 1.47 bits per heavy atom. The van der Waals surface area contributed by atoms with E-state index in [4.69, 9.17) is 0 Å². The van der Waals surface area contributed by atoms with Crippen molar-refractivity contribution in [1.29, 1.82) is 5.26 Å². The summed E-state index contributed by atoms with van der Waals surface area (Å²) in [7, 11) is 0. The Bertz CT molecular complexity index is 470. The number of nitrogens with zero attached hydrogens (tertiary/aromatic N) is 2. The zero-order valence-electron chi connectivity index (χ0n) is 9.86. The molecule has 1 N–H and O–H groups in total. The Hall–Kier alpha value is -1.89. The largest absolute Gasteiger partial charge is 0.309 e. The molecule has 1 aromatic heterocycles. The molecule has 0 unspecified atom stereocenters. The highest BCUT2D eigenvalue weighted by atomic mass is 16.2. The molecule has 0 bridgehead atoms. The van der Waals surface area contributed by atoms with Gasteiger partial charge in [-0.15, -0.1) is 0 Å². The Morgan fingerprint density at radius 3 is 2.76 bits per heavy atom. The third kappa shape index (κ3) is 2.28. The maximum atomic E-state index is 12.1. The number of anilines is 1. The van der Waals surface area contributed by atoms with E-state index in [0.29, 0.717) is 18.7 Å². The monoisotopic (exact) mass is 229 g/mol. The molecule has 4 nitrogen and oxygen atoms in total. The fourth-order valence-corrected chi connectivity index (χ4v) is 2.22. The van der Waals surface area contributed by atoms with Crippen LogP contribution in [0.2, 0.25) is 0 Å². The Labute approximate surface area is 101 Å². The predicted molar refractivity (Wildman–Crippen MR) is 64.1 cm³/mol. The average Bonchev–Trinajstić information content (AvgIpc) is 2.78. The first kappa shape index (κ1) is 11.6. The maximum absolute atomic E-state index is 12.1. The van der Waals surface area contributed by atoms with Crippen molar-refractivity contribution >= 4 is 11.7 Å². The minimum absolute atomic E-state index is 0.212. The molecule has 0 atom stereocenters. The molecule has 1 heterocycles. The van der Waals surface area contributed by atoms with Gasteiger partial charge < -0.3 is 5.32 Å². The van der Waals surface area contributed by atoms with Crippen LogP contribution in [-0.4, -0.2) is 10.9 Å². The number of hydrogen-bond donors (Lipinski definition) is 1. The van der Waals surface area contributed by atoms with Crippen molar-refractivity contribution in [1.82, 2.24) is 4.98 Å². The van der Waals surface area contributed by atoms with Gasteiger partial charge in [0.15, 0.2) is 0 Å². The second-order valence-corrected chi connectivity index (χ2v) is 4.52. The molecule has 1 aliphatic rings. The molecule has 0 spiro atoms. The molecular formula is C13H15N3O. The van der Waals surface area contributed by atoms with Gasteiger partial charge in [0.1, 0.15) is 11.2 Å². The minimum atomic E-state index is -0.842. The molecule has 1 aromatic rings. The molecule has 1 saturated carbocycles. The lowest BCUT2D eigenvalue weighted by molar-refractivity contribution is -0.122. The first-order chi connectivity index (χ1) is 8.16. The highest BCUT2D eigenvalue weighted by Crippen LogP contribution is 2.38. The number of carbonyl (C=O) groups is 1. The molecule has 2 rings (SSSR count). The quantitative estimate of drug-likeness (QED) is 0.846. The van der Waals surface area contributed by atoms with Crippen LogP contribution in [0.5, 0.6) is 0 Å². The van der Waals surface area contributed by atoms with Crippen molar-refractivity contribution in [3.05, 3.63) is 23.9 Å². The van der Waals surface area contributed by atoms with Crippen molar-refractivity contribution in [3.8, 4) is 6.07 Å². The second kappa shape index (κ2) is 4.54. The Morgan fingerprint density at radius 2 is 2.18 bits per heavy atom. The first-order valence-electron chi connectivity index (χ1n) is 5.83. The number of aryl methyl sites for hydroxylation is 1. The lowest BCUT2D eigenvalue weighted by Gasteiger charge is -2.18. The number of pyridine rings is 1. The van der Waals surface area contributed by atoms with Gasteiger partial charge in [0, 0.05) is 5.69 Å². The Balaban J connectivity index is 2.14. The van der Waals surface area contributed by atoms with Gasteiger partial charge in [-0.1, -0.05) is 18.9 Å². The second-order valence-electron chi connectivity index (χ2n) is 4.52. The third-order valence-electron chi connectivity index (χ3n) is 3.24. The molecule has 4 heteroatoms. The van der Waals surface area contributed by atoms with Gasteiger partial charge in [-0.05, 0) is 31.9 Å². The van der Waals surface area contributed by atoms with Crippen LogP contribution in [0, 0.1) is 23.7 Å². The number of nitriles is 1. The number of nitrogens with one attached hydrogen (secondary N) is 1. The van der Waals surface area contributed by atoms with Gasteiger partial charge in [-0.25, -0.2) is 4.98 Å². The van der Waals surface area contributed by atoms with E-state index < -0.39 is 5.41 Å². The van der Waals surface area contributed by atoms with Crippen LogP contribution in [0.4, 0.5) is 5.82 Å². The summed E-state index contributed by atoms with van der Waals surface area (Å²) in [5, 5.41) is 11.9. The maximum Gasteiger partial charge on any atom is 0.246 e. The number of aromatic nitrogens is 1. The lowest BCUT2D eigenvalue weighted by atomic mass is 9.87. The van der Waals surface area contributed by atoms with Crippen LogP contribution < -0.4 is 5.32 Å². The van der Waals surface area contributed by atoms with Gasteiger partial charge in [0.05, 0.1) is 6.07 Å². The molecule has 88 valence electrons. The first-order valence-corrected chi connectivity index (χ1v) is 5.83. The van der Waals surface area contributed by atoms with E-state index in [2.05, 4.69) is 16.4 Å². The normalized spacial score (nSPS) is 17.4. The summed E-state index contributed by atoms with van der Waals surface area (Å²) in [5.41, 5.74) is 0.00560. The van der Waals surface area contributed by atoms with Gasteiger partial charge in [0.2, 0.25) is 5.91 Å². The highest BCUT2D eigenvalue weighted by molar-refractivity contribution is 5.96. The van der Waals surface area contributed by atoms with Crippen molar-refractivity contribution < 1.29 is 4.79 Å². The molecule has 1 amide bonds. The molecule has 17 heavy (non-hydrogen) atoms.